The van der Waals surface area contributed by atoms with Crippen LogP contribution in [0, 0.1) is 0 Å². The Balaban J connectivity index is 1.63. The van der Waals surface area contributed by atoms with E-state index < -0.39 is 53.3 Å². The number of pyridine rings is 1. The summed E-state index contributed by atoms with van der Waals surface area (Å²) >= 11 is 8.00. The minimum absolute atomic E-state index is 0.272. The number of thiazole rings is 1. The van der Waals surface area contributed by atoms with Gasteiger partial charge in [-0.05, 0) is 6.07 Å². The maximum Gasteiger partial charge on any atom is 0.434 e. The molecule has 0 amide bonds. The van der Waals surface area contributed by atoms with Gasteiger partial charge in [-0.1, -0.05) is 28.6 Å². The van der Waals surface area contributed by atoms with Crippen LogP contribution in [0.5, 0.6) is 0 Å². The lowest BCUT2D eigenvalue weighted by Crippen LogP contribution is -2.55. The van der Waals surface area contributed by atoms with Gasteiger partial charge < -0.3 is 25.4 Å². The Labute approximate surface area is 203 Å². The molecule has 4 N–H and O–H groups in total. The second kappa shape index (κ2) is 9.93. The van der Waals surface area contributed by atoms with Crippen LogP contribution in [0.1, 0.15) is 11.7 Å². The second-order valence-electron chi connectivity index (χ2n) is 7.18. The summed E-state index contributed by atoms with van der Waals surface area (Å²) in [5.74, 6) is 0. The molecule has 0 spiro atoms. The van der Waals surface area contributed by atoms with Gasteiger partial charge in [-0.2, -0.15) is 13.2 Å². The van der Waals surface area contributed by atoms with E-state index in [-0.39, 0.29) is 4.90 Å². The molecular formula is C18H18ClF3N6O4S2. The maximum absolute atomic E-state index is 13.0. The molecule has 1 aliphatic heterocycles. The first kappa shape index (κ1) is 25.1. The molecule has 5 atom stereocenters. The fraction of sp³-hybridized carbons (Fsp3) is 0.444. The molecule has 1 fully saturated rings. The number of anilines is 1. The van der Waals surface area contributed by atoms with Gasteiger partial charge in [0.2, 0.25) is 0 Å². The van der Waals surface area contributed by atoms with Crippen molar-refractivity contribution in [3.05, 3.63) is 34.6 Å². The highest BCUT2D eigenvalue weighted by molar-refractivity contribution is 7.99. The molecule has 1 aliphatic rings. The average Bonchev–Trinajstić information content (AvgIpc) is 3.42. The average molecular weight is 539 g/mol. The number of nitrogens with zero attached hydrogens (tertiary/aromatic N) is 5. The van der Waals surface area contributed by atoms with Crippen molar-refractivity contribution < 1.29 is 32.9 Å². The summed E-state index contributed by atoms with van der Waals surface area (Å²) < 4.78 is 51.7. The zero-order valence-electron chi connectivity index (χ0n) is 17.3. The fourth-order valence-corrected chi connectivity index (χ4v) is 5.55. The van der Waals surface area contributed by atoms with Crippen molar-refractivity contribution in [3.8, 4) is 11.4 Å². The van der Waals surface area contributed by atoms with Gasteiger partial charge in [-0.3, -0.25) is 0 Å². The predicted molar refractivity (Wildman–Crippen MR) is 117 cm³/mol. The Morgan fingerprint density at radius 3 is 2.74 bits per heavy atom. The molecule has 3 unspecified atom stereocenters. The molecular weight excluding hydrogens is 521 g/mol. The zero-order valence-corrected chi connectivity index (χ0v) is 19.6. The van der Waals surface area contributed by atoms with Crippen LogP contribution in [0.4, 0.5) is 18.3 Å². The van der Waals surface area contributed by atoms with Crippen LogP contribution in [0.15, 0.2) is 28.7 Å². The quantitative estimate of drug-likeness (QED) is 0.428. The van der Waals surface area contributed by atoms with E-state index in [9.17, 15) is 23.4 Å². The van der Waals surface area contributed by atoms with Gasteiger partial charge in [0.25, 0.3) is 0 Å². The minimum atomic E-state index is -4.69. The highest BCUT2D eigenvalue weighted by atomic mass is 35.5. The molecule has 3 aromatic heterocycles. The molecule has 4 heterocycles. The standard InChI is InChI=1S/C18H18ClF3N6O4S2/c1-31-14-12(28-4-9(26-27-28)10-6-33-17(23)25-10)13(30)11(5-29)32-16(14)34-7-2-8(19)15(24-3-7)18(20,21)22/h2-4,6,11-14,16,29-30H,5H2,1H3,(H2,23,25)/t11?,12?,13-,14?,16+/m0/s1. The molecule has 16 heteroatoms. The molecule has 3 aromatic rings. The SMILES string of the molecule is COC1C(n2cc(-c3csc(N)n3)nn2)[C@@H](O)C(CO)O[C@@H]1Sc1cnc(C(F)(F)F)c(Cl)c1. The van der Waals surface area contributed by atoms with Crippen molar-refractivity contribution in [2.45, 2.75) is 40.9 Å². The number of nitrogen functional groups attached to an aromatic ring is 1. The van der Waals surface area contributed by atoms with Crippen LogP contribution in [0.2, 0.25) is 5.02 Å². The number of nitrogens with two attached hydrogens (primary N) is 1. The largest absolute Gasteiger partial charge is 0.434 e. The third kappa shape index (κ3) is 5.00. The van der Waals surface area contributed by atoms with Gasteiger partial charge in [0.1, 0.15) is 41.2 Å². The number of thioether (sulfide) groups is 1. The van der Waals surface area contributed by atoms with Crippen molar-refractivity contribution in [1.29, 1.82) is 0 Å². The second-order valence-corrected chi connectivity index (χ2v) is 9.65. The first-order valence-corrected chi connectivity index (χ1v) is 11.8. The van der Waals surface area contributed by atoms with Gasteiger partial charge in [-0.15, -0.1) is 16.4 Å². The summed E-state index contributed by atoms with van der Waals surface area (Å²) in [5, 5.41) is 30.3. The number of hydrogen-bond donors (Lipinski definition) is 3. The Kier molecular flexibility index (Phi) is 7.33. The van der Waals surface area contributed by atoms with Crippen molar-refractivity contribution in [2.24, 2.45) is 0 Å². The van der Waals surface area contributed by atoms with E-state index in [2.05, 4.69) is 20.3 Å². The van der Waals surface area contributed by atoms with Gasteiger partial charge in [0.15, 0.2) is 10.8 Å². The molecule has 10 nitrogen and oxygen atoms in total. The van der Waals surface area contributed by atoms with Gasteiger partial charge in [0.05, 0.1) is 17.8 Å². The van der Waals surface area contributed by atoms with Crippen LogP contribution in [-0.2, 0) is 15.7 Å². The first-order valence-electron chi connectivity index (χ1n) is 9.62. The van der Waals surface area contributed by atoms with Crippen LogP contribution >= 0.6 is 34.7 Å². The van der Waals surface area contributed by atoms with E-state index >= 15 is 0 Å². The lowest BCUT2D eigenvalue weighted by molar-refractivity contribution is -0.186. The smallest absolute Gasteiger partial charge is 0.394 e. The van der Waals surface area contributed by atoms with Crippen molar-refractivity contribution in [2.75, 3.05) is 19.5 Å². The van der Waals surface area contributed by atoms with E-state index in [1.54, 1.807) is 11.6 Å². The fourth-order valence-electron chi connectivity index (χ4n) is 3.48. The molecule has 0 bridgehead atoms. The van der Waals surface area contributed by atoms with E-state index in [0.29, 0.717) is 16.5 Å². The monoisotopic (exact) mass is 538 g/mol. The lowest BCUT2D eigenvalue weighted by Gasteiger charge is -2.43. The number of methoxy groups -OCH3 is 1. The van der Waals surface area contributed by atoms with E-state index in [1.165, 1.54) is 23.1 Å². The summed E-state index contributed by atoms with van der Waals surface area (Å²) in [6.45, 7) is -0.526. The maximum atomic E-state index is 13.0. The van der Waals surface area contributed by atoms with Crippen molar-refractivity contribution in [1.82, 2.24) is 25.0 Å². The highest BCUT2D eigenvalue weighted by Gasteiger charge is 2.47. The summed E-state index contributed by atoms with van der Waals surface area (Å²) in [5.41, 5.74) is 4.51. The highest BCUT2D eigenvalue weighted by Crippen LogP contribution is 2.41. The van der Waals surface area contributed by atoms with Crippen molar-refractivity contribution in [3.63, 3.8) is 0 Å². The number of hydrogen-bond acceptors (Lipinski definition) is 11. The van der Waals surface area contributed by atoms with E-state index in [0.717, 1.165) is 24.0 Å². The molecule has 0 aliphatic carbocycles. The number of halogens is 4. The van der Waals surface area contributed by atoms with Gasteiger partial charge in [0, 0.05) is 23.6 Å². The lowest BCUT2D eigenvalue weighted by atomic mass is 9.97. The van der Waals surface area contributed by atoms with Crippen LogP contribution in [0.3, 0.4) is 0 Å². The minimum Gasteiger partial charge on any atom is -0.394 e. The van der Waals surface area contributed by atoms with Crippen LogP contribution in [-0.4, -0.2) is 72.6 Å². The zero-order chi connectivity index (χ0) is 24.6. The third-order valence-corrected chi connectivity index (χ3v) is 7.10. The number of aliphatic hydroxyl groups excluding tert-OH is 2. The molecule has 1 saturated heterocycles. The Morgan fingerprint density at radius 1 is 1.38 bits per heavy atom. The summed E-state index contributed by atoms with van der Waals surface area (Å²) in [6.07, 6.45) is -5.25. The predicted octanol–water partition coefficient (Wildman–Crippen LogP) is 2.48. The third-order valence-electron chi connectivity index (χ3n) is 5.03. The Hall–Kier alpha value is -2.01. The number of alkyl halides is 3. The summed E-state index contributed by atoms with van der Waals surface area (Å²) in [6, 6.07) is 0.260. The van der Waals surface area contributed by atoms with Gasteiger partial charge >= 0.3 is 6.18 Å². The van der Waals surface area contributed by atoms with Crippen molar-refractivity contribution >= 4 is 39.8 Å². The number of aliphatic hydroxyl groups is 2. The molecule has 4 rings (SSSR count). The molecule has 0 radical (unpaired) electrons. The molecule has 184 valence electrons. The molecule has 0 aromatic carbocycles. The van der Waals surface area contributed by atoms with Crippen LogP contribution in [0.25, 0.3) is 11.4 Å². The Bertz CT molecular complexity index is 1150. The molecule has 0 saturated carbocycles. The normalized spacial score (nSPS) is 25.6. The topological polar surface area (TPSA) is 141 Å². The Morgan fingerprint density at radius 2 is 2.15 bits per heavy atom. The molecule has 34 heavy (non-hydrogen) atoms. The number of rotatable bonds is 6. The summed E-state index contributed by atoms with van der Waals surface area (Å²) in [7, 11) is 1.39. The summed E-state index contributed by atoms with van der Waals surface area (Å²) in [4.78, 5) is 7.84. The number of ether oxygens (including phenoxy) is 2. The van der Waals surface area contributed by atoms with E-state index in [4.69, 9.17) is 26.8 Å². The van der Waals surface area contributed by atoms with E-state index in [1.807, 2.05) is 0 Å². The number of aromatic nitrogens is 5. The first-order chi connectivity index (χ1) is 16.1. The van der Waals surface area contributed by atoms with Crippen LogP contribution < -0.4 is 5.73 Å². The van der Waals surface area contributed by atoms with Gasteiger partial charge in [-0.25, -0.2) is 14.6 Å².